The van der Waals surface area contributed by atoms with Gasteiger partial charge in [0, 0.05) is 91.9 Å². The van der Waals surface area contributed by atoms with Crippen LogP contribution in [0.1, 0.15) is 79.9 Å². The van der Waals surface area contributed by atoms with Crippen molar-refractivity contribution in [2.45, 2.75) is 82.9 Å². The Labute approximate surface area is 432 Å². The van der Waals surface area contributed by atoms with Crippen LogP contribution >= 0.6 is 12.6 Å². The Balaban J connectivity index is 0.00000625. The minimum atomic E-state index is -0.319. The van der Waals surface area contributed by atoms with E-state index in [1.54, 1.807) is 14.2 Å². The second-order valence-corrected chi connectivity index (χ2v) is 19.9. The van der Waals surface area contributed by atoms with Gasteiger partial charge in [0.2, 0.25) is 0 Å². The van der Waals surface area contributed by atoms with Gasteiger partial charge < -0.3 is 49.5 Å². The van der Waals surface area contributed by atoms with Gasteiger partial charge in [0.1, 0.15) is 19.0 Å². The summed E-state index contributed by atoms with van der Waals surface area (Å²) in [5.41, 5.74) is 11.5. The number of thiol groups is 1. The number of aryl methyl sites for hydroxylation is 2. The first-order chi connectivity index (χ1) is 32.5. The first kappa shape index (κ1) is 50.0. The van der Waals surface area contributed by atoms with E-state index in [0.29, 0.717) is 76.2 Å². The molecule has 0 bridgehead atoms. The van der Waals surface area contributed by atoms with E-state index in [-0.39, 0.29) is 68.0 Å². The van der Waals surface area contributed by atoms with Crippen LogP contribution in [-0.2, 0) is 85.8 Å². The molecule has 0 spiro atoms. The van der Waals surface area contributed by atoms with Crippen molar-refractivity contribution in [3.63, 3.8) is 0 Å². The zero-order valence-corrected chi connectivity index (χ0v) is 43.7. The predicted octanol–water partition coefficient (Wildman–Crippen LogP) is 9.20. The monoisotopic (exact) mass is 1010 g/mol. The van der Waals surface area contributed by atoms with E-state index in [4.69, 9.17) is 41.0 Å². The minimum Gasteiger partial charge on any atom is -0.493 e. The van der Waals surface area contributed by atoms with Gasteiger partial charge in [-0.05, 0) is 134 Å². The Morgan fingerprint density at radius 3 is 2.03 bits per heavy atom. The fourth-order valence-corrected chi connectivity index (χ4v) is 10.2. The number of fused-ring (bicyclic) bond motifs is 8. The summed E-state index contributed by atoms with van der Waals surface area (Å²) >= 11 is 4.96. The van der Waals surface area contributed by atoms with E-state index in [1.165, 1.54) is 11.1 Å². The van der Waals surface area contributed by atoms with E-state index >= 15 is 0 Å². The van der Waals surface area contributed by atoms with Crippen molar-refractivity contribution < 1.29 is 70.7 Å². The second-order valence-electron chi connectivity index (χ2n) is 18.7. The number of ether oxygens (including phenoxy) is 6. The molecule has 355 valence electrons. The Morgan fingerprint density at radius 2 is 1.32 bits per heavy atom. The standard InChI is InChI=1S/C55H62N3O8S.Y/c1-36-24-46-39(14-16-43-28-41-10-6-8-12-48(41)57(43)53(46)59)30-50(36)65-33-37-25-38(27-45(26-37)56(35-55(2,3)67)18-19-63-22-23-64-21-20-61-4)34-66-52-31-40-15-17-44-29-42-11-7-9-13-49(42)58(44)54(60)47(40)32-51(52)62-5;/h6-13,17,24-27,30-32,43-44,67H,14-16,18-23,28-29,33-35H2,1-5H3;/q-1;/t43-,44-;/m1./s1. The van der Waals surface area contributed by atoms with Crippen molar-refractivity contribution in [3.8, 4) is 17.2 Å². The van der Waals surface area contributed by atoms with Crippen LogP contribution in [-0.4, -0.2) is 89.0 Å². The summed E-state index contributed by atoms with van der Waals surface area (Å²) in [7, 11) is 3.27. The summed E-state index contributed by atoms with van der Waals surface area (Å²) in [5.74, 6) is 1.86. The van der Waals surface area contributed by atoms with Crippen LogP contribution in [0, 0.1) is 13.3 Å². The number of amides is 2. The maximum atomic E-state index is 14.2. The molecule has 68 heavy (non-hydrogen) atoms. The van der Waals surface area contributed by atoms with Crippen LogP contribution < -0.4 is 28.9 Å². The molecule has 4 heterocycles. The summed E-state index contributed by atoms with van der Waals surface area (Å²) < 4.78 is 35.7. The molecular weight excluding hydrogens is 952 g/mol. The van der Waals surface area contributed by atoms with Gasteiger partial charge in [-0.25, -0.2) is 0 Å². The summed E-state index contributed by atoms with van der Waals surface area (Å²) in [5, 5.41) is 0. The third kappa shape index (κ3) is 11.1. The van der Waals surface area contributed by atoms with Gasteiger partial charge in [-0.15, -0.1) is 0 Å². The van der Waals surface area contributed by atoms with Crippen LogP contribution in [0.2, 0.25) is 0 Å². The Bertz CT molecular complexity index is 2620. The zero-order chi connectivity index (χ0) is 46.7. The quantitative estimate of drug-likeness (QED) is 0.0494. The molecule has 0 aliphatic carbocycles. The van der Waals surface area contributed by atoms with E-state index in [1.807, 2.05) is 59.2 Å². The summed E-state index contributed by atoms with van der Waals surface area (Å²) in [6.07, 6.45) is 6.23. The Hall–Kier alpha value is -4.43. The van der Waals surface area contributed by atoms with Gasteiger partial charge in [-0.2, -0.15) is 19.0 Å². The zero-order valence-electron chi connectivity index (χ0n) is 39.9. The molecule has 0 saturated carbocycles. The number of benzene rings is 5. The molecule has 0 aromatic heterocycles. The average molecular weight is 1010 g/mol. The molecule has 0 saturated heterocycles. The Kier molecular flexibility index (Phi) is 16.3. The number of anilines is 3. The number of methoxy groups -OCH3 is 2. The number of carbonyl (C=O) groups is 2. The molecule has 1 radical (unpaired) electrons. The molecule has 13 heteroatoms. The summed E-state index contributed by atoms with van der Waals surface area (Å²) in [6.45, 7) is 10.6. The largest absolute Gasteiger partial charge is 0.493 e. The third-order valence-electron chi connectivity index (χ3n) is 13.2. The molecule has 4 aliphatic rings. The molecule has 0 N–H and O–H groups in total. The molecule has 0 unspecified atom stereocenters. The molecular formula is C55H62N3O8SY-. The van der Waals surface area contributed by atoms with Crippen molar-refractivity contribution in [1.29, 1.82) is 0 Å². The van der Waals surface area contributed by atoms with Gasteiger partial charge in [0.15, 0.2) is 11.5 Å². The first-order valence-electron chi connectivity index (χ1n) is 23.5. The maximum Gasteiger partial charge on any atom is 0.258 e. The molecule has 5 aromatic rings. The topological polar surface area (TPSA) is 99.2 Å². The van der Waals surface area contributed by atoms with E-state index in [0.717, 1.165) is 81.9 Å². The van der Waals surface area contributed by atoms with E-state index in [9.17, 15) is 9.59 Å². The van der Waals surface area contributed by atoms with Crippen molar-refractivity contribution in [2.75, 3.05) is 75.0 Å². The summed E-state index contributed by atoms with van der Waals surface area (Å²) in [4.78, 5) is 34.5. The van der Waals surface area contributed by atoms with E-state index in [2.05, 4.69) is 73.7 Å². The van der Waals surface area contributed by atoms with Crippen molar-refractivity contribution in [3.05, 3.63) is 147 Å². The molecule has 5 aromatic carbocycles. The Morgan fingerprint density at radius 1 is 0.706 bits per heavy atom. The number of hydrogen-bond acceptors (Lipinski definition) is 10. The number of rotatable bonds is 19. The minimum absolute atomic E-state index is 0. The number of hydrogen-bond donors (Lipinski definition) is 1. The molecule has 11 nitrogen and oxygen atoms in total. The second kappa shape index (κ2) is 22.1. The molecule has 0 fully saturated rings. The third-order valence-corrected chi connectivity index (χ3v) is 13.3. The fourth-order valence-electron chi connectivity index (χ4n) is 10.0. The van der Waals surface area contributed by atoms with Crippen molar-refractivity contribution >= 4 is 41.5 Å². The number of carbonyl (C=O) groups excluding carboxylic acids is 2. The van der Waals surface area contributed by atoms with Gasteiger partial charge in [-0.3, -0.25) is 9.59 Å². The van der Waals surface area contributed by atoms with Crippen LogP contribution in [0.3, 0.4) is 0 Å². The van der Waals surface area contributed by atoms with Crippen molar-refractivity contribution in [1.82, 2.24) is 0 Å². The van der Waals surface area contributed by atoms with Gasteiger partial charge >= 0.3 is 0 Å². The molecule has 2 amide bonds. The van der Waals surface area contributed by atoms with Gasteiger partial charge in [0.25, 0.3) is 11.8 Å². The van der Waals surface area contributed by atoms with Crippen molar-refractivity contribution in [2.24, 2.45) is 0 Å². The van der Waals surface area contributed by atoms with Gasteiger partial charge in [-0.1, -0.05) is 48.0 Å². The maximum absolute atomic E-state index is 14.2. The van der Waals surface area contributed by atoms with Gasteiger partial charge in [0.05, 0.1) is 40.1 Å². The molecule has 4 aliphatic heterocycles. The van der Waals surface area contributed by atoms with Crippen LogP contribution in [0.5, 0.6) is 17.2 Å². The first-order valence-corrected chi connectivity index (χ1v) is 23.9. The fraction of sp³-hybridized carbons (Fsp3) is 0.400. The number of para-hydroxylation sites is 2. The SMILES string of the molecule is COCCOCCOCCN(CC(C)(C)S)c1cc(COc2cc3c(cc2C)C(=O)N2c4ccccc4C[C@H]2CC3)cc(COc2cc3c(cc2OC)C(=O)N2c4ccccc4C[C@H]2[CH-]C3)c1.[Y]. The van der Waals surface area contributed by atoms with Crippen LogP contribution in [0.25, 0.3) is 0 Å². The van der Waals surface area contributed by atoms with E-state index < -0.39 is 0 Å². The predicted molar refractivity (Wildman–Crippen MR) is 266 cm³/mol. The number of nitrogens with zero attached hydrogens (tertiary/aromatic N) is 3. The summed E-state index contributed by atoms with van der Waals surface area (Å²) in [6, 6.07) is 30.9. The molecule has 9 rings (SSSR count). The average Bonchev–Trinajstić information content (AvgIpc) is 3.81. The van der Waals surface area contributed by atoms with Crippen LogP contribution in [0.4, 0.5) is 17.1 Å². The normalized spacial score (nSPS) is 16.9. The molecule has 2 atom stereocenters. The smallest absolute Gasteiger partial charge is 0.258 e. The van der Waals surface area contributed by atoms with Crippen LogP contribution in [0.15, 0.2) is 91.0 Å².